The summed E-state index contributed by atoms with van der Waals surface area (Å²) in [4.78, 5) is 30.9. The third kappa shape index (κ3) is 4.83. The molecule has 0 aliphatic heterocycles. The fraction of sp³-hybridized carbons (Fsp3) is 0. The van der Waals surface area contributed by atoms with Gasteiger partial charge in [0, 0.05) is 5.02 Å². The largest absolute Gasteiger partial charge is 0.355 e. The predicted octanol–water partition coefficient (Wildman–Crippen LogP) is 4.85. The van der Waals surface area contributed by atoms with Gasteiger partial charge in [-0.05, 0) is 30.3 Å². The van der Waals surface area contributed by atoms with Crippen molar-refractivity contribution < 1.29 is 9.72 Å². The van der Waals surface area contributed by atoms with Gasteiger partial charge in [0.25, 0.3) is 5.91 Å². The number of hydrogen-bond donors (Lipinski definition) is 3. The number of halogens is 3. The Morgan fingerprint density at radius 1 is 1.00 bits per heavy atom. The summed E-state index contributed by atoms with van der Waals surface area (Å²) in [5, 5.41) is 15.2. The van der Waals surface area contributed by atoms with E-state index in [-0.39, 0.29) is 22.2 Å². The second kappa shape index (κ2) is 8.91. The maximum atomic E-state index is 12.3. The van der Waals surface area contributed by atoms with E-state index in [0.29, 0.717) is 15.7 Å². The van der Waals surface area contributed by atoms with Crippen molar-refractivity contribution in [2.75, 3.05) is 10.7 Å². The summed E-state index contributed by atoms with van der Waals surface area (Å²) in [6.45, 7) is 0. The van der Waals surface area contributed by atoms with Crippen molar-refractivity contribution in [2.45, 2.75) is 0 Å². The zero-order valence-electron chi connectivity index (χ0n) is 14.3. The molecule has 0 unspecified atom stereocenters. The van der Waals surface area contributed by atoms with E-state index in [2.05, 4.69) is 26.1 Å². The molecule has 3 aromatic rings. The molecule has 3 rings (SSSR count). The third-order valence-corrected chi connectivity index (χ3v) is 4.48. The van der Waals surface area contributed by atoms with Crippen molar-refractivity contribution in [3.8, 4) is 0 Å². The van der Waals surface area contributed by atoms with Crippen LogP contribution in [0.15, 0.2) is 48.8 Å². The van der Waals surface area contributed by atoms with Gasteiger partial charge < -0.3 is 5.32 Å². The van der Waals surface area contributed by atoms with Crippen LogP contribution in [0.5, 0.6) is 0 Å². The molecule has 9 nitrogen and oxygen atoms in total. The number of para-hydroxylation sites is 1. The first-order valence-electron chi connectivity index (χ1n) is 7.89. The minimum absolute atomic E-state index is 0.112. The number of aromatic nitrogens is 2. The van der Waals surface area contributed by atoms with Gasteiger partial charge in [-0.3, -0.25) is 25.8 Å². The number of carbonyl (C=O) groups excluding carboxylic acids is 1. The smallest absolute Gasteiger partial charge is 0.333 e. The van der Waals surface area contributed by atoms with Crippen LogP contribution in [-0.2, 0) is 0 Å². The highest BCUT2D eigenvalue weighted by molar-refractivity contribution is 6.36. The van der Waals surface area contributed by atoms with Gasteiger partial charge in [0.1, 0.15) is 6.33 Å². The van der Waals surface area contributed by atoms with E-state index in [4.69, 9.17) is 34.8 Å². The Morgan fingerprint density at radius 2 is 1.72 bits per heavy atom. The Morgan fingerprint density at radius 3 is 2.41 bits per heavy atom. The number of anilines is 3. The summed E-state index contributed by atoms with van der Waals surface area (Å²) in [7, 11) is 0. The van der Waals surface area contributed by atoms with Crippen molar-refractivity contribution in [2.24, 2.45) is 0 Å². The maximum Gasteiger partial charge on any atom is 0.355 e. The van der Waals surface area contributed by atoms with E-state index in [1.54, 1.807) is 24.3 Å². The standard InChI is InChI=1S/C17H11Cl3N6O3/c18-9-5-6-10(12(20)7-9)17(27)25-24-16-14(26(28)29)15(21-8-22-16)23-13-4-2-1-3-11(13)19/h1-8H,(H,25,27)(H2,21,22,23,24). The lowest BCUT2D eigenvalue weighted by Gasteiger charge is -2.12. The van der Waals surface area contributed by atoms with Crippen LogP contribution in [0, 0.1) is 10.1 Å². The highest BCUT2D eigenvalue weighted by Crippen LogP contribution is 2.33. The van der Waals surface area contributed by atoms with Gasteiger partial charge in [-0.1, -0.05) is 46.9 Å². The minimum Gasteiger partial charge on any atom is -0.333 e. The van der Waals surface area contributed by atoms with Crippen molar-refractivity contribution in [1.82, 2.24) is 15.4 Å². The van der Waals surface area contributed by atoms with Crippen molar-refractivity contribution in [3.63, 3.8) is 0 Å². The predicted molar refractivity (Wildman–Crippen MR) is 111 cm³/mol. The molecule has 0 saturated heterocycles. The summed E-state index contributed by atoms with van der Waals surface area (Å²) < 4.78 is 0. The summed E-state index contributed by atoms with van der Waals surface area (Å²) in [6.07, 6.45) is 1.09. The maximum absolute atomic E-state index is 12.3. The average Bonchev–Trinajstić information content (AvgIpc) is 2.67. The van der Waals surface area contributed by atoms with Crippen LogP contribution < -0.4 is 16.2 Å². The molecular formula is C17H11Cl3N6O3. The van der Waals surface area contributed by atoms with Gasteiger partial charge in [0.15, 0.2) is 0 Å². The second-order valence-electron chi connectivity index (χ2n) is 5.48. The number of nitrogens with one attached hydrogen (secondary N) is 3. The van der Waals surface area contributed by atoms with Crippen LogP contribution in [0.3, 0.4) is 0 Å². The number of hydrazine groups is 1. The molecule has 1 aromatic heterocycles. The van der Waals surface area contributed by atoms with Crippen molar-refractivity contribution in [1.29, 1.82) is 0 Å². The molecule has 0 atom stereocenters. The molecule has 29 heavy (non-hydrogen) atoms. The lowest BCUT2D eigenvalue weighted by Crippen LogP contribution is -2.30. The number of hydrogen-bond acceptors (Lipinski definition) is 7. The normalized spacial score (nSPS) is 10.3. The molecule has 1 amide bonds. The van der Waals surface area contributed by atoms with Gasteiger partial charge >= 0.3 is 5.69 Å². The van der Waals surface area contributed by atoms with E-state index in [9.17, 15) is 14.9 Å². The number of amides is 1. The molecule has 0 bridgehead atoms. The van der Waals surface area contributed by atoms with Crippen molar-refractivity contribution >= 4 is 63.7 Å². The Labute approximate surface area is 179 Å². The lowest BCUT2D eigenvalue weighted by atomic mass is 10.2. The van der Waals surface area contributed by atoms with Gasteiger partial charge in [-0.2, -0.15) is 0 Å². The van der Waals surface area contributed by atoms with Crippen LogP contribution in [-0.4, -0.2) is 20.8 Å². The topological polar surface area (TPSA) is 122 Å². The Hall–Kier alpha value is -3.14. The Balaban J connectivity index is 1.85. The molecule has 0 aliphatic carbocycles. The van der Waals surface area contributed by atoms with Gasteiger partial charge in [-0.25, -0.2) is 9.97 Å². The molecule has 0 saturated carbocycles. The minimum atomic E-state index is -0.692. The van der Waals surface area contributed by atoms with Crippen molar-refractivity contribution in [3.05, 3.63) is 79.5 Å². The zero-order chi connectivity index (χ0) is 21.0. The molecule has 148 valence electrons. The van der Waals surface area contributed by atoms with E-state index in [1.807, 2.05) is 0 Å². The van der Waals surface area contributed by atoms with Crippen LogP contribution in [0.2, 0.25) is 15.1 Å². The SMILES string of the molecule is O=C(NNc1ncnc(Nc2ccccc2Cl)c1[N+](=O)[O-])c1ccc(Cl)cc1Cl. The van der Waals surface area contributed by atoms with Gasteiger partial charge in [0.2, 0.25) is 11.6 Å². The molecule has 1 heterocycles. The van der Waals surface area contributed by atoms with Gasteiger partial charge in [-0.15, -0.1) is 0 Å². The molecule has 3 N–H and O–H groups in total. The van der Waals surface area contributed by atoms with Crippen LogP contribution >= 0.6 is 34.8 Å². The monoisotopic (exact) mass is 452 g/mol. The summed E-state index contributed by atoms with van der Waals surface area (Å²) >= 11 is 17.9. The number of nitro groups is 1. The molecule has 0 fully saturated rings. The first-order valence-corrected chi connectivity index (χ1v) is 9.02. The molecule has 2 aromatic carbocycles. The van der Waals surface area contributed by atoms with Crippen LogP contribution in [0.1, 0.15) is 10.4 Å². The summed E-state index contributed by atoms with van der Waals surface area (Å²) in [5.41, 5.74) is 4.77. The van der Waals surface area contributed by atoms with E-state index < -0.39 is 16.5 Å². The quantitative estimate of drug-likeness (QED) is 0.360. The molecule has 0 aliphatic rings. The first kappa shape index (κ1) is 20.6. The molecule has 0 radical (unpaired) electrons. The molecular weight excluding hydrogens is 443 g/mol. The number of carbonyl (C=O) groups is 1. The molecule has 12 heteroatoms. The summed E-state index contributed by atoms with van der Waals surface area (Å²) in [5.74, 6) is -0.988. The summed E-state index contributed by atoms with van der Waals surface area (Å²) in [6, 6.07) is 11.0. The number of nitrogens with zero attached hydrogens (tertiary/aromatic N) is 3. The van der Waals surface area contributed by atoms with Gasteiger partial charge in [0.05, 0.1) is 26.2 Å². The number of benzene rings is 2. The zero-order valence-corrected chi connectivity index (χ0v) is 16.6. The highest BCUT2D eigenvalue weighted by atomic mass is 35.5. The van der Waals surface area contributed by atoms with E-state index in [0.717, 1.165) is 6.33 Å². The van der Waals surface area contributed by atoms with Crippen LogP contribution in [0.4, 0.5) is 23.0 Å². The fourth-order valence-corrected chi connectivity index (χ4v) is 2.96. The molecule has 0 spiro atoms. The van der Waals surface area contributed by atoms with Crippen LogP contribution in [0.25, 0.3) is 0 Å². The van der Waals surface area contributed by atoms with E-state index in [1.165, 1.54) is 18.2 Å². The fourth-order valence-electron chi connectivity index (χ4n) is 2.28. The highest BCUT2D eigenvalue weighted by Gasteiger charge is 2.24. The number of rotatable bonds is 6. The Bertz CT molecular complexity index is 1100. The lowest BCUT2D eigenvalue weighted by molar-refractivity contribution is -0.383. The first-order chi connectivity index (χ1) is 13.9. The second-order valence-corrected chi connectivity index (χ2v) is 6.74. The Kier molecular flexibility index (Phi) is 6.32. The average molecular weight is 454 g/mol. The third-order valence-electron chi connectivity index (χ3n) is 3.60. The van der Waals surface area contributed by atoms with E-state index >= 15 is 0 Å².